The van der Waals surface area contributed by atoms with Crippen molar-refractivity contribution < 1.29 is 15.0 Å². The van der Waals surface area contributed by atoms with Crippen LogP contribution in [-0.4, -0.2) is 21.8 Å². The smallest absolute Gasteiger partial charge is 0.303 e. The van der Waals surface area contributed by atoms with Crippen molar-refractivity contribution in [2.75, 3.05) is 0 Å². The van der Waals surface area contributed by atoms with E-state index in [9.17, 15) is 9.90 Å². The zero-order chi connectivity index (χ0) is 23.4. The number of hydrogen-bond donors (Lipinski definition) is 2. The van der Waals surface area contributed by atoms with Crippen LogP contribution in [0.5, 0.6) is 0 Å². The van der Waals surface area contributed by atoms with Crippen molar-refractivity contribution in [2.45, 2.75) is 103 Å². The normalized spacial score (nSPS) is 15.8. The van der Waals surface area contributed by atoms with Gasteiger partial charge in [-0.2, -0.15) is 0 Å². The molecule has 0 heterocycles. The summed E-state index contributed by atoms with van der Waals surface area (Å²) in [5.41, 5.74) is 7.10. The Balaban J connectivity index is 1.86. The lowest BCUT2D eigenvalue weighted by Crippen LogP contribution is -2.27. The van der Waals surface area contributed by atoms with E-state index in [4.69, 9.17) is 5.11 Å². The Morgan fingerprint density at radius 2 is 1.41 bits per heavy atom. The molecule has 1 aliphatic carbocycles. The maximum atomic E-state index is 11.0. The Kier molecular flexibility index (Phi) is 7.82. The molecule has 0 radical (unpaired) electrons. The molecule has 32 heavy (non-hydrogen) atoms. The minimum atomic E-state index is -0.749. The lowest BCUT2D eigenvalue weighted by atomic mass is 9.69. The third-order valence-corrected chi connectivity index (χ3v) is 8.00. The van der Waals surface area contributed by atoms with Gasteiger partial charge in [-0.1, -0.05) is 63.1 Å². The number of benzene rings is 2. The van der Waals surface area contributed by atoms with Gasteiger partial charge in [-0.15, -0.1) is 0 Å². The third-order valence-electron chi connectivity index (χ3n) is 8.00. The van der Waals surface area contributed by atoms with E-state index in [0.717, 1.165) is 56.9 Å². The molecule has 3 rings (SSSR count). The van der Waals surface area contributed by atoms with E-state index >= 15 is 0 Å². The fourth-order valence-corrected chi connectivity index (χ4v) is 5.67. The molecule has 0 amide bonds. The molecule has 3 nitrogen and oxygen atoms in total. The molecule has 0 unspecified atom stereocenters. The van der Waals surface area contributed by atoms with Crippen LogP contribution < -0.4 is 0 Å². The van der Waals surface area contributed by atoms with Gasteiger partial charge in [-0.25, -0.2) is 0 Å². The maximum absolute atomic E-state index is 11.0. The molecule has 1 saturated carbocycles. The highest BCUT2D eigenvalue weighted by atomic mass is 16.4. The summed E-state index contributed by atoms with van der Waals surface area (Å²) in [6.07, 6.45) is 8.75. The van der Waals surface area contributed by atoms with Crippen molar-refractivity contribution in [1.82, 2.24) is 0 Å². The molecule has 0 saturated heterocycles. The van der Waals surface area contributed by atoms with Crippen molar-refractivity contribution in [3.63, 3.8) is 0 Å². The van der Waals surface area contributed by atoms with Gasteiger partial charge in [-0.05, 0) is 92.2 Å². The summed E-state index contributed by atoms with van der Waals surface area (Å²) in [6.45, 7) is 8.82. The SMILES string of the molecule is CCC(CC)(c1ccc(CCC(=O)O)c(C)c1)c1ccc(CCC2(O)CCCC2)c(C)c1. The molecule has 3 heteroatoms. The number of rotatable bonds is 10. The number of aryl methyl sites for hydroxylation is 4. The standard InChI is InChI=1S/C29H40O3/c1-5-29(6-2,25-12-9-23(21(3)19-25)11-14-27(30)31)26-13-10-24(22(4)20-26)15-18-28(32)16-7-8-17-28/h9-10,12-13,19-20,32H,5-8,11,14-18H2,1-4H3,(H,30,31). The van der Waals surface area contributed by atoms with Crippen LogP contribution >= 0.6 is 0 Å². The average molecular weight is 437 g/mol. The van der Waals surface area contributed by atoms with Gasteiger partial charge < -0.3 is 10.2 Å². The number of aliphatic hydroxyl groups is 1. The van der Waals surface area contributed by atoms with E-state index in [1.165, 1.54) is 27.8 Å². The summed E-state index contributed by atoms with van der Waals surface area (Å²) in [7, 11) is 0. The van der Waals surface area contributed by atoms with Gasteiger partial charge in [0.05, 0.1) is 5.60 Å². The van der Waals surface area contributed by atoms with Crippen molar-refractivity contribution in [2.24, 2.45) is 0 Å². The summed E-state index contributed by atoms with van der Waals surface area (Å²) in [6, 6.07) is 13.5. The number of carboxylic acids is 1. The lowest BCUT2D eigenvalue weighted by Gasteiger charge is -2.34. The molecule has 0 aromatic heterocycles. The summed E-state index contributed by atoms with van der Waals surface area (Å²) >= 11 is 0. The lowest BCUT2D eigenvalue weighted by molar-refractivity contribution is -0.136. The van der Waals surface area contributed by atoms with E-state index in [2.05, 4.69) is 64.1 Å². The molecule has 1 fully saturated rings. The van der Waals surface area contributed by atoms with Gasteiger partial charge in [0.1, 0.15) is 0 Å². The molecule has 174 valence electrons. The first-order chi connectivity index (χ1) is 15.2. The molecule has 2 aromatic rings. The maximum Gasteiger partial charge on any atom is 0.303 e. The molecule has 2 aromatic carbocycles. The quantitative estimate of drug-likeness (QED) is 0.437. The number of aliphatic carboxylic acids is 1. The molecule has 0 bridgehead atoms. The summed E-state index contributed by atoms with van der Waals surface area (Å²) in [5, 5.41) is 19.8. The second kappa shape index (κ2) is 10.2. The van der Waals surface area contributed by atoms with Gasteiger partial charge in [0, 0.05) is 11.8 Å². The van der Waals surface area contributed by atoms with Crippen LogP contribution in [0.1, 0.15) is 98.6 Å². The van der Waals surface area contributed by atoms with E-state index < -0.39 is 11.6 Å². The minimum Gasteiger partial charge on any atom is -0.481 e. The van der Waals surface area contributed by atoms with E-state index in [0.29, 0.717) is 6.42 Å². The van der Waals surface area contributed by atoms with Gasteiger partial charge in [0.2, 0.25) is 0 Å². The Labute approximate surface area is 193 Å². The van der Waals surface area contributed by atoms with Crippen molar-refractivity contribution in [3.8, 4) is 0 Å². The number of carbonyl (C=O) groups is 1. The Morgan fingerprint density at radius 3 is 1.84 bits per heavy atom. The van der Waals surface area contributed by atoms with Crippen molar-refractivity contribution >= 4 is 5.97 Å². The Bertz CT molecular complexity index is 933. The predicted molar refractivity (Wildman–Crippen MR) is 131 cm³/mol. The van der Waals surface area contributed by atoms with E-state index in [-0.39, 0.29) is 11.8 Å². The largest absolute Gasteiger partial charge is 0.481 e. The van der Waals surface area contributed by atoms with E-state index in [1.807, 2.05) is 0 Å². The highest BCUT2D eigenvalue weighted by Gasteiger charge is 2.32. The molecular formula is C29H40O3. The summed E-state index contributed by atoms with van der Waals surface area (Å²) in [5.74, 6) is -0.749. The van der Waals surface area contributed by atoms with Gasteiger partial charge in [0.25, 0.3) is 0 Å². The first-order valence-corrected chi connectivity index (χ1v) is 12.4. The molecular weight excluding hydrogens is 396 g/mol. The van der Waals surface area contributed by atoms with E-state index in [1.54, 1.807) is 0 Å². The van der Waals surface area contributed by atoms with Gasteiger partial charge in [-0.3, -0.25) is 4.79 Å². The Morgan fingerprint density at radius 1 is 0.906 bits per heavy atom. The van der Waals surface area contributed by atoms with Crippen LogP contribution in [0.3, 0.4) is 0 Å². The highest BCUT2D eigenvalue weighted by molar-refractivity contribution is 5.67. The predicted octanol–water partition coefficient (Wildman–Crippen LogP) is 6.66. The molecule has 0 aliphatic heterocycles. The van der Waals surface area contributed by atoms with Crippen LogP contribution in [0.15, 0.2) is 36.4 Å². The topological polar surface area (TPSA) is 57.5 Å². The molecule has 2 N–H and O–H groups in total. The molecule has 1 aliphatic rings. The Hall–Kier alpha value is -2.13. The van der Waals surface area contributed by atoms with Crippen LogP contribution in [-0.2, 0) is 23.1 Å². The summed E-state index contributed by atoms with van der Waals surface area (Å²) < 4.78 is 0. The van der Waals surface area contributed by atoms with Crippen LogP contribution in [0, 0.1) is 13.8 Å². The van der Waals surface area contributed by atoms with Crippen LogP contribution in [0.4, 0.5) is 0 Å². The fourth-order valence-electron chi connectivity index (χ4n) is 5.67. The zero-order valence-corrected chi connectivity index (χ0v) is 20.3. The second-order valence-corrected chi connectivity index (χ2v) is 9.90. The van der Waals surface area contributed by atoms with Gasteiger partial charge >= 0.3 is 5.97 Å². The second-order valence-electron chi connectivity index (χ2n) is 9.90. The monoisotopic (exact) mass is 436 g/mol. The van der Waals surface area contributed by atoms with Crippen LogP contribution in [0.25, 0.3) is 0 Å². The summed E-state index contributed by atoms with van der Waals surface area (Å²) in [4.78, 5) is 11.0. The fraction of sp³-hybridized carbons (Fsp3) is 0.552. The van der Waals surface area contributed by atoms with Crippen molar-refractivity contribution in [1.29, 1.82) is 0 Å². The van der Waals surface area contributed by atoms with Crippen molar-refractivity contribution in [3.05, 3.63) is 69.8 Å². The van der Waals surface area contributed by atoms with Gasteiger partial charge in [0.15, 0.2) is 0 Å². The first kappa shape index (κ1) is 24.5. The average Bonchev–Trinajstić information content (AvgIpc) is 3.20. The minimum absolute atomic E-state index is 0.0525. The zero-order valence-electron chi connectivity index (χ0n) is 20.3. The first-order valence-electron chi connectivity index (χ1n) is 12.4. The third kappa shape index (κ3) is 5.26. The number of carboxylic acid groups (broad SMARTS) is 1. The number of hydrogen-bond acceptors (Lipinski definition) is 2. The molecule has 0 spiro atoms. The van der Waals surface area contributed by atoms with Crippen LogP contribution in [0.2, 0.25) is 0 Å². The molecule has 0 atom stereocenters. The highest BCUT2D eigenvalue weighted by Crippen LogP contribution is 2.41.